The zero-order chi connectivity index (χ0) is 24.7. The van der Waals surface area contributed by atoms with Crippen LogP contribution in [0.15, 0.2) is 52.7 Å². The Morgan fingerprint density at radius 2 is 1.88 bits per heavy atom. The summed E-state index contributed by atoms with van der Waals surface area (Å²) in [6.45, 7) is 5.42. The van der Waals surface area contributed by atoms with Crippen LogP contribution in [-0.4, -0.2) is 72.3 Å². The highest BCUT2D eigenvalue weighted by molar-refractivity contribution is 7.84. The monoisotopic (exact) mass is 515 g/mol. The molecule has 1 aliphatic rings. The maximum Gasteiger partial charge on any atom is 0.272 e. The summed E-state index contributed by atoms with van der Waals surface area (Å²) in [7, 11) is 2.00. The summed E-state index contributed by atoms with van der Waals surface area (Å²) in [6.07, 6.45) is -2.66. The van der Waals surface area contributed by atoms with Gasteiger partial charge in [-0.1, -0.05) is 23.7 Å². The van der Waals surface area contributed by atoms with Crippen molar-refractivity contribution in [3.05, 3.63) is 64.4 Å². The molecule has 0 bridgehead atoms. The topological polar surface area (TPSA) is 60.7 Å². The zero-order valence-electron chi connectivity index (χ0n) is 18.5. The highest BCUT2D eigenvalue weighted by Gasteiger charge is 2.25. The van der Waals surface area contributed by atoms with Gasteiger partial charge >= 0.3 is 0 Å². The van der Waals surface area contributed by atoms with Gasteiger partial charge in [0.25, 0.3) is 6.43 Å². The molecule has 0 aromatic heterocycles. The molecule has 1 heterocycles. The Balaban J connectivity index is 1.84. The lowest BCUT2D eigenvalue weighted by molar-refractivity contribution is 0.0765. The molecule has 34 heavy (non-hydrogen) atoms. The summed E-state index contributed by atoms with van der Waals surface area (Å²) in [4.78, 5) is 2.15. The van der Waals surface area contributed by atoms with Crippen molar-refractivity contribution in [1.29, 1.82) is 0 Å². The molecule has 2 aromatic carbocycles. The molecule has 12 heteroatoms. The molecule has 0 N–H and O–H groups in total. The fourth-order valence-corrected chi connectivity index (χ4v) is 4.74. The number of hydrogen-bond acceptors (Lipinski definition) is 5. The average Bonchev–Trinajstić information content (AvgIpc) is 2.82. The number of rotatable bonds is 9. The van der Waals surface area contributed by atoms with E-state index in [1.807, 2.05) is 11.4 Å². The molecule has 0 radical (unpaired) electrons. The quantitative estimate of drug-likeness (QED) is 0.288. The van der Waals surface area contributed by atoms with Crippen molar-refractivity contribution in [2.75, 3.05) is 44.1 Å². The summed E-state index contributed by atoms with van der Waals surface area (Å²) in [6, 6.07) is 11.0. The molecule has 7 nitrogen and oxygen atoms in total. The van der Waals surface area contributed by atoms with Crippen molar-refractivity contribution >= 4 is 41.1 Å². The van der Waals surface area contributed by atoms with Gasteiger partial charge in [0.15, 0.2) is 17.8 Å². The number of likely N-dealkylation sites (N-methyl/N-ethyl adjacent to an activating group) is 1. The molecule has 0 aliphatic carbocycles. The highest BCUT2D eigenvalue weighted by Crippen LogP contribution is 2.27. The number of halogens is 4. The molecule has 0 saturated carbocycles. The first kappa shape index (κ1) is 26.1. The van der Waals surface area contributed by atoms with Gasteiger partial charge < -0.3 is 9.64 Å². The van der Waals surface area contributed by atoms with Gasteiger partial charge in [-0.25, -0.2) is 21.7 Å². The van der Waals surface area contributed by atoms with Crippen LogP contribution in [0, 0.1) is 5.82 Å². The van der Waals surface area contributed by atoms with Crippen molar-refractivity contribution in [2.45, 2.75) is 13.0 Å². The van der Waals surface area contributed by atoms with E-state index in [1.165, 1.54) is 18.2 Å². The van der Waals surface area contributed by atoms with Crippen molar-refractivity contribution in [1.82, 2.24) is 9.21 Å². The summed E-state index contributed by atoms with van der Waals surface area (Å²) in [5, 5.41) is 6.97. The minimum atomic E-state index is -2.66. The molecule has 1 aliphatic heterocycles. The lowest BCUT2D eigenvalue weighted by atomic mass is 10.1. The number of anilines is 1. The Hall–Kier alpha value is -2.47. The zero-order valence-corrected chi connectivity index (χ0v) is 20.1. The van der Waals surface area contributed by atoms with Crippen LogP contribution in [0.3, 0.4) is 0 Å². The van der Waals surface area contributed by atoms with Crippen molar-refractivity contribution in [3.63, 3.8) is 0 Å². The van der Waals surface area contributed by atoms with Gasteiger partial charge in [0, 0.05) is 38.5 Å². The predicted molar refractivity (Wildman–Crippen MR) is 129 cm³/mol. The SMILES string of the molecule is C=N/N=C(\OCC(F)F)c1ccc(CN(c2ccc(F)c(Cl)c2)S(=O)N2CCN(C)CC2)cc1. The van der Waals surface area contributed by atoms with Gasteiger partial charge in [-0.2, -0.15) is 5.10 Å². The van der Waals surface area contributed by atoms with Crippen LogP contribution in [0.25, 0.3) is 0 Å². The van der Waals surface area contributed by atoms with Crippen LogP contribution in [0.4, 0.5) is 18.9 Å². The molecule has 0 amide bonds. The summed E-state index contributed by atoms with van der Waals surface area (Å²) in [5.74, 6) is -0.642. The summed E-state index contributed by atoms with van der Waals surface area (Å²) < 4.78 is 60.8. The average molecular weight is 516 g/mol. The van der Waals surface area contributed by atoms with Gasteiger partial charge in [0.05, 0.1) is 17.3 Å². The van der Waals surface area contributed by atoms with Crippen LogP contribution in [0.1, 0.15) is 11.1 Å². The van der Waals surface area contributed by atoms with Crippen LogP contribution < -0.4 is 4.31 Å². The second-order valence-electron chi connectivity index (χ2n) is 7.54. The number of benzene rings is 2. The lowest BCUT2D eigenvalue weighted by Crippen LogP contribution is -2.49. The van der Waals surface area contributed by atoms with Gasteiger partial charge in [-0.05, 0) is 42.9 Å². The molecule has 1 unspecified atom stereocenters. The van der Waals surface area contributed by atoms with Gasteiger partial charge in [-0.15, -0.1) is 5.10 Å². The van der Waals surface area contributed by atoms with E-state index in [0.29, 0.717) is 24.3 Å². The first-order valence-corrected chi connectivity index (χ1v) is 11.8. The Morgan fingerprint density at radius 3 is 2.47 bits per heavy atom. The second kappa shape index (κ2) is 12.3. The summed E-state index contributed by atoms with van der Waals surface area (Å²) >= 11 is 4.45. The van der Waals surface area contributed by atoms with Crippen LogP contribution >= 0.6 is 11.6 Å². The number of ether oxygens (including phenoxy) is 1. The maximum atomic E-state index is 13.8. The predicted octanol–water partition coefficient (Wildman–Crippen LogP) is 3.96. The molecular formula is C22H25ClF3N5O2S. The van der Waals surface area contributed by atoms with Gasteiger partial charge in [-0.3, -0.25) is 4.31 Å². The van der Waals surface area contributed by atoms with Gasteiger partial charge in [0.1, 0.15) is 5.82 Å². The Labute approximate surface area is 204 Å². The largest absolute Gasteiger partial charge is 0.470 e. The fourth-order valence-electron chi connectivity index (χ4n) is 3.26. The third-order valence-corrected chi connectivity index (χ3v) is 6.91. The first-order chi connectivity index (χ1) is 16.3. The van der Waals surface area contributed by atoms with E-state index in [4.69, 9.17) is 16.3 Å². The molecule has 3 rings (SSSR count). The van der Waals surface area contributed by atoms with Gasteiger partial charge in [0.2, 0.25) is 5.90 Å². The Bertz CT molecular complexity index is 1030. The number of nitrogens with zero attached hydrogens (tertiary/aromatic N) is 5. The third kappa shape index (κ3) is 7.02. The van der Waals surface area contributed by atoms with E-state index in [9.17, 15) is 17.4 Å². The number of hydrogen-bond donors (Lipinski definition) is 0. The second-order valence-corrected chi connectivity index (χ2v) is 9.37. The lowest BCUT2D eigenvalue weighted by Gasteiger charge is -2.35. The van der Waals surface area contributed by atoms with E-state index < -0.39 is 30.0 Å². The molecule has 0 spiro atoms. The highest BCUT2D eigenvalue weighted by atomic mass is 35.5. The van der Waals surface area contributed by atoms with Crippen LogP contribution in [0.5, 0.6) is 0 Å². The molecule has 1 atom stereocenters. The maximum absolute atomic E-state index is 13.8. The molecule has 2 aromatic rings. The standard InChI is InChI=1S/C22H25ClF3N5O2S/c1-27-28-22(33-15-21(25)26)17-5-3-16(4-6-17)14-31(18-7-8-20(24)19(23)13-18)34(32)30-11-9-29(2)10-12-30/h3-8,13,21H,1,9-12,14-15H2,2H3/b28-22-. The van der Waals surface area contributed by atoms with Crippen molar-refractivity contribution < 1.29 is 22.1 Å². The number of alkyl halides is 2. The van der Waals surface area contributed by atoms with E-state index in [1.54, 1.807) is 28.6 Å². The minimum absolute atomic E-state index is 0.0674. The van der Waals surface area contributed by atoms with Crippen molar-refractivity contribution in [3.8, 4) is 0 Å². The van der Waals surface area contributed by atoms with E-state index in [0.717, 1.165) is 18.7 Å². The minimum Gasteiger partial charge on any atom is -0.470 e. The molecular weight excluding hydrogens is 491 g/mol. The van der Waals surface area contributed by atoms with Crippen LogP contribution in [-0.2, 0) is 22.5 Å². The normalized spacial score (nSPS) is 16.5. The van der Waals surface area contributed by atoms with E-state index >= 15 is 0 Å². The number of piperazine rings is 1. The third-order valence-electron chi connectivity index (χ3n) is 5.10. The van der Waals surface area contributed by atoms with E-state index in [2.05, 4.69) is 21.8 Å². The van der Waals surface area contributed by atoms with Crippen molar-refractivity contribution in [2.24, 2.45) is 10.2 Å². The summed E-state index contributed by atoms with van der Waals surface area (Å²) in [5.41, 5.74) is 1.71. The smallest absolute Gasteiger partial charge is 0.272 e. The van der Waals surface area contributed by atoms with Crippen LogP contribution in [0.2, 0.25) is 5.02 Å². The Morgan fingerprint density at radius 1 is 1.21 bits per heavy atom. The molecule has 1 fully saturated rings. The molecule has 184 valence electrons. The first-order valence-electron chi connectivity index (χ1n) is 10.4. The molecule has 1 saturated heterocycles. The fraction of sp³-hybridized carbons (Fsp3) is 0.364. The Kier molecular flexibility index (Phi) is 9.45. The van der Waals surface area contributed by atoms with E-state index in [-0.39, 0.29) is 17.5 Å².